The van der Waals surface area contributed by atoms with Gasteiger partial charge in [0.25, 0.3) is 0 Å². The Morgan fingerprint density at radius 3 is 2.26 bits per heavy atom. The zero-order chi connectivity index (χ0) is 12.1. The van der Waals surface area contributed by atoms with Gasteiger partial charge < -0.3 is 10.1 Å². The maximum Gasteiger partial charge on any atom is 0.118 e. The Labute approximate surface area is 126 Å². The minimum atomic E-state index is -0.341. The van der Waals surface area contributed by atoms with Crippen LogP contribution in [0, 0.1) is 0 Å². The molecule has 0 unspecified atom stereocenters. The fourth-order valence-electron chi connectivity index (χ4n) is 2.22. The van der Waals surface area contributed by atoms with Gasteiger partial charge in [-0.15, -0.1) is 24.8 Å². The van der Waals surface area contributed by atoms with Crippen molar-refractivity contribution in [1.29, 1.82) is 0 Å². The highest BCUT2D eigenvalue weighted by Crippen LogP contribution is 2.23. The summed E-state index contributed by atoms with van der Waals surface area (Å²) in [6.07, 6.45) is 0. The first-order valence-corrected chi connectivity index (χ1v) is 6.00. The van der Waals surface area contributed by atoms with Crippen molar-refractivity contribution in [3.63, 3.8) is 0 Å². The third kappa shape index (κ3) is 4.80. The van der Waals surface area contributed by atoms with Crippen molar-refractivity contribution in [1.82, 2.24) is 10.2 Å². The summed E-state index contributed by atoms with van der Waals surface area (Å²) in [6, 6.07) is 7.55. The summed E-state index contributed by atoms with van der Waals surface area (Å²) in [7, 11) is 1.64. The molecule has 0 saturated carbocycles. The summed E-state index contributed by atoms with van der Waals surface area (Å²) in [5, 5.41) is 3.28. The molecule has 1 saturated heterocycles. The van der Waals surface area contributed by atoms with Gasteiger partial charge in [-0.05, 0) is 17.7 Å². The van der Waals surface area contributed by atoms with Crippen LogP contribution in [0.3, 0.4) is 0 Å². The van der Waals surface area contributed by atoms with Crippen LogP contribution in [0.4, 0.5) is 4.39 Å². The second-order valence-electron chi connectivity index (χ2n) is 4.23. The van der Waals surface area contributed by atoms with Gasteiger partial charge in [-0.1, -0.05) is 12.1 Å². The van der Waals surface area contributed by atoms with Crippen molar-refractivity contribution < 1.29 is 9.13 Å². The molecular weight excluding hydrogens is 290 g/mol. The van der Waals surface area contributed by atoms with Crippen LogP contribution in [0.15, 0.2) is 24.3 Å². The summed E-state index contributed by atoms with van der Waals surface area (Å²) in [5.74, 6) is 0.812. The molecule has 0 aliphatic carbocycles. The minimum Gasteiger partial charge on any atom is -0.497 e. The molecule has 0 aromatic heterocycles. The maximum absolute atomic E-state index is 13.2. The van der Waals surface area contributed by atoms with Gasteiger partial charge in [0, 0.05) is 26.2 Å². The van der Waals surface area contributed by atoms with E-state index in [1.165, 1.54) is 0 Å². The second-order valence-corrected chi connectivity index (χ2v) is 4.23. The number of hydrogen-bond donors (Lipinski definition) is 1. The summed E-state index contributed by atoms with van der Waals surface area (Å²) < 4.78 is 18.3. The topological polar surface area (TPSA) is 24.5 Å². The van der Waals surface area contributed by atoms with E-state index < -0.39 is 0 Å². The molecule has 0 amide bonds. The largest absolute Gasteiger partial charge is 0.497 e. The second kappa shape index (κ2) is 9.37. The van der Waals surface area contributed by atoms with Gasteiger partial charge in [-0.2, -0.15) is 0 Å². The van der Waals surface area contributed by atoms with Gasteiger partial charge in [-0.25, -0.2) is 4.39 Å². The summed E-state index contributed by atoms with van der Waals surface area (Å²) >= 11 is 0. The average Bonchev–Trinajstić information content (AvgIpc) is 2.42. The number of ether oxygens (including phenoxy) is 1. The van der Waals surface area contributed by atoms with E-state index in [1.54, 1.807) is 7.11 Å². The van der Waals surface area contributed by atoms with E-state index in [0.717, 1.165) is 37.5 Å². The van der Waals surface area contributed by atoms with Gasteiger partial charge in [-0.3, -0.25) is 4.90 Å². The zero-order valence-electron chi connectivity index (χ0n) is 11.0. The summed E-state index contributed by atoms with van der Waals surface area (Å²) in [5.41, 5.74) is 1.02. The van der Waals surface area contributed by atoms with Gasteiger partial charge >= 0.3 is 0 Å². The molecule has 0 bridgehead atoms. The molecule has 6 heteroatoms. The van der Waals surface area contributed by atoms with Gasteiger partial charge in [0.1, 0.15) is 12.4 Å². The Morgan fingerprint density at radius 2 is 1.79 bits per heavy atom. The normalized spacial score (nSPS) is 16.9. The molecule has 19 heavy (non-hydrogen) atoms. The first-order valence-electron chi connectivity index (χ1n) is 6.00. The molecule has 1 aromatic carbocycles. The van der Waals surface area contributed by atoms with Crippen LogP contribution in [-0.2, 0) is 0 Å². The predicted molar refractivity (Wildman–Crippen MR) is 80.6 cm³/mol. The van der Waals surface area contributed by atoms with Crippen molar-refractivity contribution in [2.45, 2.75) is 6.04 Å². The van der Waals surface area contributed by atoms with Crippen LogP contribution in [0.2, 0.25) is 0 Å². The Bertz CT molecular complexity index is 345. The lowest BCUT2D eigenvalue weighted by Crippen LogP contribution is -2.45. The molecule has 3 nitrogen and oxygen atoms in total. The first kappa shape index (κ1) is 18.4. The van der Waals surface area contributed by atoms with Gasteiger partial charge in [0.2, 0.25) is 0 Å². The van der Waals surface area contributed by atoms with Crippen molar-refractivity contribution in [2.24, 2.45) is 0 Å². The molecule has 1 aromatic rings. The Hall–Kier alpha value is -0.550. The van der Waals surface area contributed by atoms with Crippen LogP contribution in [0.25, 0.3) is 0 Å². The number of nitrogens with one attached hydrogen (secondary N) is 1. The number of piperazine rings is 1. The lowest BCUT2D eigenvalue weighted by molar-refractivity contribution is 0.147. The number of methoxy groups -OCH3 is 1. The summed E-state index contributed by atoms with van der Waals surface area (Å²) in [6.45, 7) is 3.34. The van der Waals surface area contributed by atoms with Gasteiger partial charge in [0.05, 0.1) is 13.2 Å². The van der Waals surface area contributed by atoms with E-state index >= 15 is 0 Å². The molecular formula is C13H21Cl2FN2O. The standard InChI is InChI=1S/C13H19FN2O.2ClH/c1-17-12-4-2-11(3-5-12)13(10-14)16-8-6-15-7-9-16;;/h2-5,13,15H,6-10H2,1H3;2*1H/t13-;;/m1../s1. The number of hydrogen-bond acceptors (Lipinski definition) is 3. The van der Waals surface area contributed by atoms with Crippen LogP contribution in [-0.4, -0.2) is 44.9 Å². The Balaban J connectivity index is 0.00000162. The molecule has 1 atom stereocenters. The Morgan fingerprint density at radius 1 is 1.21 bits per heavy atom. The number of halogens is 3. The lowest BCUT2D eigenvalue weighted by atomic mass is 10.1. The third-order valence-corrected chi connectivity index (χ3v) is 3.24. The maximum atomic E-state index is 13.2. The SMILES string of the molecule is COc1ccc([C@@H](CF)N2CCNCC2)cc1.Cl.Cl. The number of nitrogens with zero attached hydrogens (tertiary/aromatic N) is 1. The molecule has 1 heterocycles. The van der Waals surface area contributed by atoms with E-state index in [0.29, 0.717) is 0 Å². The lowest BCUT2D eigenvalue weighted by Gasteiger charge is -2.33. The van der Waals surface area contributed by atoms with E-state index in [-0.39, 0.29) is 37.5 Å². The summed E-state index contributed by atoms with van der Waals surface area (Å²) in [4.78, 5) is 2.19. The van der Waals surface area contributed by atoms with Crippen LogP contribution < -0.4 is 10.1 Å². The third-order valence-electron chi connectivity index (χ3n) is 3.24. The number of benzene rings is 1. The predicted octanol–water partition coefficient (Wildman–Crippen LogP) is 2.45. The average molecular weight is 311 g/mol. The molecule has 1 aliphatic heterocycles. The first-order chi connectivity index (χ1) is 8.35. The number of rotatable bonds is 4. The highest BCUT2D eigenvalue weighted by atomic mass is 35.5. The smallest absolute Gasteiger partial charge is 0.118 e. The Kier molecular flexibility index (Phi) is 9.10. The number of alkyl halides is 1. The van der Waals surface area contributed by atoms with Crippen LogP contribution >= 0.6 is 24.8 Å². The molecule has 0 radical (unpaired) electrons. The highest BCUT2D eigenvalue weighted by Gasteiger charge is 2.21. The van der Waals surface area contributed by atoms with Crippen molar-refractivity contribution in [2.75, 3.05) is 40.0 Å². The molecule has 1 fully saturated rings. The van der Waals surface area contributed by atoms with Crippen LogP contribution in [0.1, 0.15) is 11.6 Å². The fourth-order valence-corrected chi connectivity index (χ4v) is 2.22. The fraction of sp³-hybridized carbons (Fsp3) is 0.538. The monoisotopic (exact) mass is 310 g/mol. The quantitative estimate of drug-likeness (QED) is 0.924. The van der Waals surface area contributed by atoms with Crippen molar-refractivity contribution in [3.8, 4) is 5.75 Å². The molecule has 1 N–H and O–H groups in total. The van der Waals surface area contributed by atoms with E-state index in [2.05, 4.69) is 10.2 Å². The molecule has 1 aliphatic rings. The molecule has 110 valence electrons. The highest BCUT2D eigenvalue weighted by molar-refractivity contribution is 5.85. The molecule has 2 rings (SSSR count). The van der Waals surface area contributed by atoms with E-state index in [9.17, 15) is 4.39 Å². The van der Waals surface area contributed by atoms with E-state index in [1.807, 2.05) is 24.3 Å². The van der Waals surface area contributed by atoms with Crippen LogP contribution in [0.5, 0.6) is 5.75 Å². The van der Waals surface area contributed by atoms with Crippen molar-refractivity contribution in [3.05, 3.63) is 29.8 Å². The zero-order valence-corrected chi connectivity index (χ0v) is 12.6. The van der Waals surface area contributed by atoms with Crippen molar-refractivity contribution >= 4 is 24.8 Å². The van der Waals surface area contributed by atoms with E-state index in [4.69, 9.17) is 4.74 Å². The molecule has 0 spiro atoms. The van der Waals surface area contributed by atoms with Gasteiger partial charge in [0.15, 0.2) is 0 Å². The minimum absolute atomic E-state index is 0.